The molecule has 1 heterocycles. The molecule has 1 unspecified atom stereocenters. The zero-order valence-corrected chi connectivity index (χ0v) is 24.3. The molecule has 2 aromatic carbocycles. The lowest BCUT2D eigenvalue weighted by molar-refractivity contribution is 0.0214. The third kappa shape index (κ3) is 8.15. The van der Waals surface area contributed by atoms with Gasteiger partial charge in [0.1, 0.15) is 5.60 Å². The molecule has 0 N–H and O–H groups in total. The number of ether oxygens (including phenoxy) is 4. The summed E-state index contributed by atoms with van der Waals surface area (Å²) in [6.07, 6.45) is 4.22. The summed E-state index contributed by atoms with van der Waals surface area (Å²) >= 11 is 0. The SMILES string of the molecule is COc1cc(C(=O)N(CCC2CCCN2C(=O)OC(C)(C)C)C/C(C)=C/c2ccccc2)cc(OC)c1OC. The van der Waals surface area contributed by atoms with E-state index in [0.29, 0.717) is 48.9 Å². The molecule has 2 amide bonds. The van der Waals surface area contributed by atoms with Crippen LogP contribution in [0.4, 0.5) is 4.79 Å². The first-order valence-electron chi connectivity index (χ1n) is 13.4. The molecular formula is C31H42N2O6. The molecule has 1 aliphatic heterocycles. The minimum atomic E-state index is -0.557. The van der Waals surface area contributed by atoms with Gasteiger partial charge in [-0.3, -0.25) is 4.79 Å². The third-order valence-corrected chi connectivity index (χ3v) is 6.59. The van der Waals surface area contributed by atoms with Crippen LogP contribution in [0.3, 0.4) is 0 Å². The molecule has 1 saturated heterocycles. The molecule has 2 aromatic rings. The van der Waals surface area contributed by atoms with Crippen molar-refractivity contribution >= 4 is 18.1 Å². The smallest absolute Gasteiger partial charge is 0.410 e. The summed E-state index contributed by atoms with van der Waals surface area (Å²) in [6.45, 7) is 9.20. The van der Waals surface area contributed by atoms with Crippen LogP contribution in [-0.2, 0) is 4.74 Å². The van der Waals surface area contributed by atoms with E-state index in [4.69, 9.17) is 18.9 Å². The van der Waals surface area contributed by atoms with Crippen LogP contribution in [0.5, 0.6) is 17.2 Å². The highest BCUT2D eigenvalue weighted by Crippen LogP contribution is 2.38. The van der Waals surface area contributed by atoms with Gasteiger partial charge in [-0.05, 0) is 64.7 Å². The van der Waals surface area contributed by atoms with Gasteiger partial charge in [0.2, 0.25) is 5.75 Å². The first-order valence-corrected chi connectivity index (χ1v) is 13.4. The number of hydrogen-bond acceptors (Lipinski definition) is 6. The summed E-state index contributed by atoms with van der Waals surface area (Å²) in [4.78, 5) is 30.4. The number of hydrogen-bond donors (Lipinski definition) is 0. The molecule has 8 nitrogen and oxygen atoms in total. The molecule has 0 aliphatic carbocycles. The fourth-order valence-corrected chi connectivity index (χ4v) is 4.82. The maximum atomic E-state index is 13.9. The number of likely N-dealkylation sites (tertiary alicyclic amines) is 1. The lowest BCUT2D eigenvalue weighted by Crippen LogP contribution is -2.42. The molecule has 0 aromatic heterocycles. The van der Waals surface area contributed by atoms with Crippen LogP contribution in [0.25, 0.3) is 6.08 Å². The zero-order valence-electron chi connectivity index (χ0n) is 24.3. The van der Waals surface area contributed by atoms with Gasteiger partial charge in [0.15, 0.2) is 11.5 Å². The average Bonchev–Trinajstić information content (AvgIpc) is 3.38. The number of carbonyl (C=O) groups is 2. The summed E-state index contributed by atoms with van der Waals surface area (Å²) in [7, 11) is 4.59. The predicted octanol–water partition coefficient (Wildman–Crippen LogP) is 6.05. The molecule has 1 atom stereocenters. The molecule has 3 rings (SSSR count). The van der Waals surface area contributed by atoms with Crippen LogP contribution in [0.2, 0.25) is 0 Å². The summed E-state index contributed by atoms with van der Waals surface area (Å²) in [6, 6.07) is 13.4. The van der Waals surface area contributed by atoms with Crippen molar-refractivity contribution in [3.05, 3.63) is 59.2 Å². The molecule has 212 valence electrons. The van der Waals surface area contributed by atoms with Gasteiger partial charge < -0.3 is 28.7 Å². The molecule has 0 spiro atoms. The van der Waals surface area contributed by atoms with Gasteiger partial charge in [-0.1, -0.05) is 42.0 Å². The van der Waals surface area contributed by atoms with E-state index in [-0.39, 0.29) is 18.0 Å². The van der Waals surface area contributed by atoms with Crippen LogP contribution < -0.4 is 14.2 Å². The van der Waals surface area contributed by atoms with Crippen LogP contribution in [-0.4, -0.2) is 74.4 Å². The highest BCUT2D eigenvalue weighted by Gasteiger charge is 2.33. The standard InChI is InChI=1S/C31H42N2O6/c1-22(18-23-12-9-8-10-13-23)21-32(17-15-25-14-11-16-33(25)30(35)39-31(2,3)4)29(34)24-19-26(36-5)28(38-7)27(20-24)37-6/h8-10,12-13,18-20,25H,11,14-17,21H2,1-7H3/b22-18+. The van der Waals surface area contributed by atoms with E-state index in [2.05, 4.69) is 6.08 Å². The number of amides is 2. The fourth-order valence-electron chi connectivity index (χ4n) is 4.82. The Morgan fingerprint density at radius 1 is 1.03 bits per heavy atom. The average molecular weight is 539 g/mol. The number of methoxy groups -OCH3 is 3. The molecular weight excluding hydrogens is 496 g/mol. The number of benzene rings is 2. The molecule has 1 aliphatic rings. The van der Waals surface area contributed by atoms with E-state index >= 15 is 0 Å². The quantitative estimate of drug-likeness (QED) is 0.367. The predicted molar refractivity (Wildman–Crippen MR) is 153 cm³/mol. The Labute approximate surface area is 232 Å². The second kappa shape index (κ2) is 13.4. The van der Waals surface area contributed by atoms with Crippen molar-refractivity contribution in [1.29, 1.82) is 0 Å². The van der Waals surface area contributed by atoms with E-state index in [1.54, 1.807) is 17.0 Å². The highest BCUT2D eigenvalue weighted by atomic mass is 16.6. The minimum Gasteiger partial charge on any atom is -0.493 e. The van der Waals surface area contributed by atoms with Crippen molar-refractivity contribution in [1.82, 2.24) is 9.80 Å². The van der Waals surface area contributed by atoms with Crippen LogP contribution in [0.1, 0.15) is 62.9 Å². The molecule has 0 radical (unpaired) electrons. The lowest BCUT2D eigenvalue weighted by atomic mass is 10.1. The van der Waals surface area contributed by atoms with Gasteiger partial charge in [0.25, 0.3) is 5.91 Å². The van der Waals surface area contributed by atoms with Crippen molar-refractivity contribution in [2.75, 3.05) is 41.0 Å². The van der Waals surface area contributed by atoms with Crippen LogP contribution >= 0.6 is 0 Å². The van der Waals surface area contributed by atoms with Crippen LogP contribution in [0, 0.1) is 0 Å². The monoisotopic (exact) mass is 538 g/mol. The maximum Gasteiger partial charge on any atom is 0.410 e. The Balaban J connectivity index is 1.86. The second-order valence-corrected chi connectivity index (χ2v) is 10.8. The van der Waals surface area contributed by atoms with Crippen molar-refractivity contribution in [2.24, 2.45) is 0 Å². The Morgan fingerprint density at radius 2 is 1.67 bits per heavy atom. The third-order valence-electron chi connectivity index (χ3n) is 6.59. The number of carbonyl (C=O) groups excluding carboxylic acids is 2. The van der Waals surface area contributed by atoms with Gasteiger partial charge in [0, 0.05) is 31.2 Å². The summed E-state index contributed by atoms with van der Waals surface area (Å²) in [5.41, 5.74) is 1.99. The lowest BCUT2D eigenvalue weighted by Gasteiger charge is -2.30. The van der Waals surface area contributed by atoms with Gasteiger partial charge in [0.05, 0.1) is 21.3 Å². The molecule has 0 saturated carbocycles. The van der Waals surface area contributed by atoms with Gasteiger partial charge in [-0.2, -0.15) is 0 Å². The second-order valence-electron chi connectivity index (χ2n) is 10.8. The fraction of sp³-hybridized carbons (Fsp3) is 0.484. The van der Waals surface area contributed by atoms with E-state index in [1.807, 2.05) is 62.9 Å². The first-order chi connectivity index (χ1) is 18.6. The van der Waals surface area contributed by atoms with Crippen molar-refractivity contribution < 1.29 is 28.5 Å². The van der Waals surface area contributed by atoms with Gasteiger partial charge >= 0.3 is 6.09 Å². The summed E-state index contributed by atoms with van der Waals surface area (Å²) in [5.74, 6) is 1.12. The van der Waals surface area contributed by atoms with Crippen molar-refractivity contribution in [2.45, 2.75) is 58.6 Å². The minimum absolute atomic E-state index is 0.00787. The summed E-state index contributed by atoms with van der Waals surface area (Å²) < 4.78 is 22.0. The van der Waals surface area contributed by atoms with Gasteiger partial charge in [-0.25, -0.2) is 4.79 Å². The van der Waals surface area contributed by atoms with E-state index in [1.165, 1.54) is 21.3 Å². The van der Waals surface area contributed by atoms with E-state index in [9.17, 15) is 9.59 Å². The Morgan fingerprint density at radius 3 is 2.23 bits per heavy atom. The molecule has 8 heteroatoms. The largest absolute Gasteiger partial charge is 0.493 e. The maximum absolute atomic E-state index is 13.9. The first kappa shape index (κ1) is 29.9. The molecule has 0 bridgehead atoms. The van der Waals surface area contributed by atoms with Crippen molar-refractivity contribution in [3.63, 3.8) is 0 Å². The Hall–Kier alpha value is -3.68. The topological polar surface area (TPSA) is 77.5 Å². The zero-order chi connectivity index (χ0) is 28.6. The molecule has 1 fully saturated rings. The van der Waals surface area contributed by atoms with E-state index < -0.39 is 5.60 Å². The molecule has 39 heavy (non-hydrogen) atoms. The Bertz CT molecular complexity index is 1130. The summed E-state index contributed by atoms with van der Waals surface area (Å²) in [5, 5.41) is 0. The van der Waals surface area contributed by atoms with E-state index in [0.717, 1.165) is 24.0 Å². The number of nitrogens with zero attached hydrogens (tertiary/aromatic N) is 2. The number of rotatable bonds is 10. The van der Waals surface area contributed by atoms with Crippen molar-refractivity contribution in [3.8, 4) is 17.2 Å². The Kier molecular flexibility index (Phi) is 10.3. The highest BCUT2D eigenvalue weighted by molar-refractivity contribution is 5.96. The normalized spacial score (nSPS) is 15.6. The van der Waals surface area contributed by atoms with Gasteiger partial charge in [-0.15, -0.1) is 0 Å². The van der Waals surface area contributed by atoms with Crippen LogP contribution in [0.15, 0.2) is 48.0 Å².